The van der Waals surface area contributed by atoms with Crippen LogP contribution in [0.2, 0.25) is 0 Å². The molecule has 6 nitrogen and oxygen atoms in total. The van der Waals surface area contributed by atoms with Gasteiger partial charge in [0.2, 0.25) is 0 Å². The lowest BCUT2D eigenvalue weighted by Gasteiger charge is -2.33. The highest BCUT2D eigenvalue weighted by molar-refractivity contribution is 14.0. The minimum atomic E-state index is -0.0802. The molecule has 1 N–H and O–H groups in total. The second kappa shape index (κ2) is 12.0. The molecule has 0 amide bonds. The summed E-state index contributed by atoms with van der Waals surface area (Å²) in [5.41, 5.74) is 0. The van der Waals surface area contributed by atoms with E-state index in [9.17, 15) is 4.79 Å². The van der Waals surface area contributed by atoms with E-state index in [1.807, 2.05) is 11.3 Å². The topological polar surface area (TPSA) is 57.2 Å². The molecule has 1 atom stereocenters. The standard InChI is InChI=1S/C20H32N4O2S.HI/c1-3-21-20(24-12-8-16(9-13-24)19(25)26-2)22-15-17(18-7-6-14-27-18)23-10-4-5-11-23;/h6-7,14,16-17H,3-5,8-13,15H2,1-2H3,(H,21,22);1H. The van der Waals surface area contributed by atoms with Crippen LogP contribution in [-0.4, -0.2) is 68.1 Å². The zero-order chi connectivity index (χ0) is 19.1. The number of esters is 1. The van der Waals surface area contributed by atoms with Gasteiger partial charge in [0, 0.05) is 24.5 Å². The molecule has 3 rings (SSSR count). The van der Waals surface area contributed by atoms with Crippen molar-refractivity contribution in [2.24, 2.45) is 10.9 Å². The van der Waals surface area contributed by atoms with Gasteiger partial charge in [0.25, 0.3) is 0 Å². The highest BCUT2D eigenvalue weighted by atomic mass is 127. The molecule has 2 fully saturated rings. The quantitative estimate of drug-likeness (QED) is 0.270. The van der Waals surface area contributed by atoms with Crippen molar-refractivity contribution in [3.8, 4) is 0 Å². The number of halogens is 1. The van der Waals surface area contributed by atoms with Gasteiger partial charge in [-0.3, -0.25) is 14.7 Å². The first-order valence-corrected chi connectivity index (χ1v) is 11.0. The zero-order valence-corrected chi connectivity index (χ0v) is 20.1. The van der Waals surface area contributed by atoms with E-state index in [1.54, 1.807) is 0 Å². The highest BCUT2D eigenvalue weighted by Gasteiger charge is 2.28. The average molecular weight is 520 g/mol. The van der Waals surface area contributed by atoms with E-state index < -0.39 is 0 Å². The van der Waals surface area contributed by atoms with Gasteiger partial charge in [-0.1, -0.05) is 6.07 Å². The molecule has 28 heavy (non-hydrogen) atoms. The van der Waals surface area contributed by atoms with Crippen molar-refractivity contribution in [2.75, 3.05) is 46.4 Å². The first-order valence-electron chi connectivity index (χ1n) is 10.1. The second-order valence-corrected chi connectivity index (χ2v) is 8.23. The summed E-state index contributed by atoms with van der Waals surface area (Å²) in [5, 5.41) is 5.60. The Morgan fingerprint density at radius 1 is 1.32 bits per heavy atom. The van der Waals surface area contributed by atoms with E-state index in [2.05, 4.69) is 39.6 Å². The van der Waals surface area contributed by atoms with E-state index in [0.717, 1.165) is 45.0 Å². The van der Waals surface area contributed by atoms with Gasteiger partial charge < -0.3 is 15.0 Å². The Labute approximate surface area is 189 Å². The summed E-state index contributed by atoms with van der Waals surface area (Å²) in [6, 6.07) is 4.74. The fraction of sp³-hybridized carbons (Fsp3) is 0.700. The van der Waals surface area contributed by atoms with Crippen LogP contribution < -0.4 is 5.32 Å². The molecule has 1 unspecified atom stereocenters. The van der Waals surface area contributed by atoms with Crippen LogP contribution >= 0.6 is 35.3 Å². The summed E-state index contributed by atoms with van der Waals surface area (Å²) in [6.07, 6.45) is 4.23. The van der Waals surface area contributed by atoms with E-state index in [1.165, 1.54) is 37.9 Å². The fourth-order valence-electron chi connectivity index (χ4n) is 4.01. The normalized spacial score (nSPS) is 19.9. The number of nitrogens with one attached hydrogen (secondary N) is 1. The first kappa shape index (κ1) is 23.4. The molecule has 0 aliphatic carbocycles. The van der Waals surface area contributed by atoms with E-state index in [0.29, 0.717) is 6.04 Å². The van der Waals surface area contributed by atoms with Gasteiger partial charge in [0.1, 0.15) is 0 Å². The molecule has 158 valence electrons. The van der Waals surface area contributed by atoms with E-state index >= 15 is 0 Å². The SMILES string of the molecule is CCNC(=NCC(c1cccs1)N1CCCC1)N1CCC(C(=O)OC)CC1.I. The third kappa shape index (κ3) is 6.06. The maximum absolute atomic E-state index is 11.8. The van der Waals surface area contributed by atoms with Gasteiger partial charge >= 0.3 is 5.97 Å². The first-order chi connectivity index (χ1) is 13.2. The number of guanidine groups is 1. The van der Waals surface area contributed by atoms with E-state index in [-0.39, 0.29) is 35.9 Å². The minimum absolute atomic E-state index is 0. The van der Waals surface area contributed by atoms with Crippen LogP contribution in [0.3, 0.4) is 0 Å². The van der Waals surface area contributed by atoms with Crippen molar-refractivity contribution in [2.45, 2.75) is 38.6 Å². The van der Waals surface area contributed by atoms with Gasteiger partial charge in [-0.05, 0) is 57.1 Å². The number of carbonyl (C=O) groups is 1. The molecular weight excluding hydrogens is 487 g/mol. The number of methoxy groups -OCH3 is 1. The molecule has 0 spiro atoms. The minimum Gasteiger partial charge on any atom is -0.469 e. The molecule has 1 aromatic rings. The summed E-state index contributed by atoms with van der Waals surface area (Å²) in [7, 11) is 1.48. The number of rotatable bonds is 6. The van der Waals surface area contributed by atoms with Crippen LogP contribution in [0.5, 0.6) is 0 Å². The molecule has 0 radical (unpaired) electrons. The Hall–Kier alpha value is -0.870. The lowest BCUT2D eigenvalue weighted by atomic mass is 9.97. The molecule has 0 bridgehead atoms. The Morgan fingerprint density at radius 2 is 2.04 bits per heavy atom. The summed E-state index contributed by atoms with van der Waals surface area (Å²) >= 11 is 1.83. The molecule has 0 saturated carbocycles. The fourth-order valence-corrected chi connectivity index (χ4v) is 4.86. The van der Waals surface area contributed by atoms with Crippen LogP contribution in [0.15, 0.2) is 22.5 Å². The summed E-state index contributed by atoms with van der Waals surface area (Å²) < 4.78 is 4.90. The van der Waals surface area contributed by atoms with Gasteiger partial charge in [-0.15, -0.1) is 35.3 Å². The van der Waals surface area contributed by atoms with Crippen molar-refractivity contribution in [1.82, 2.24) is 15.1 Å². The number of piperidine rings is 1. The Balaban J connectivity index is 0.00000280. The monoisotopic (exact) mass is 520 g/mol. The Kier molecular flexibility index (Phi) is 10.0. The number of nitrogens with zero attached hydrogens (tertiary/aromatic N) is 3. The average Bonchev–Trinajstić information content (AvgIpc) is 3.41. The molecule has 2 aliphatic rings. The Bertz CT molecular complexity index is 612. The van der Waals surface area contributed by atoms with Crippen molar-refractivity contribution in [3.63, 3.8) is 0 Å². The lowest BCUT2D eigenvalue weighted by Crippen LogP contribution is -2.47. The predicted molar refractivity (Wildman–Crippen MR) is 126 cm³/mol. The smallest absolute Gasteiger partial charge is 0.308 e. The summed E-state index contributed by atoms with van der Waals surface area (Å²) in [6.45, 7) is 7.76. The lowest BCUT2D eigenvalue weighted by molar-refractivity contribution is -0.146. The van der Waals surface area contributed by atoms with Crippen molar-refractivity contribution < 1.29 is 9.53 Å². The maximum atomic E-state index is 11.8. The van der Waals surface area contributed by atoms with Crippen LogP contribution in [-0.2, 0) is 9.53 Å². The molecule has 2 saturated heterocycles. The van der Waals surface area contributed by atoms with Crippen molar-refractivity contribution >= 4 is 47.2 Å². The number of likely N-dealkylation sites (tertiary alicyclic amines) is 2. The Morgan fingerprint density at radius 3 is 2.61 bits per heavy atom. The molecular formula is C20H33IN4O2S. The van der Waals surface area contributed by atoms with Gasteiger partial charge in [0.05, 0.1) is 25.6 Å². The van der Waals surface area contributed by atoms with Crippen molar-refractivity contribution in [3.05, 3.63) is 22.4 Å². The van der Waals surface area contributed by atoms with Crippen LogP contribution in [0.4, 0.5) is 0 Å². The number of hydrogen-bond acceptors (Lipinski definition) is 5. The number of ether oxygens (including phenoxy) is 1. The molecule has 0 aromatic carbocycles. The third-order valence-corrected chi connectivity index (χ3v) is 6.50. The highest BCUT2D eigenvalue weighted by Crippen LogP contribution is 2.29. The largest absolute Gasteiger partial charge is 0.469 e. The molecule has 3 heterocycles. The number of hydrogen-bond donors (Lipinski definition) is 1. The third-order valence-electron chi connectivity index (χ3n) is 5.53. The van der Waals surface area contributed by atoms with Crippen LogP contribution in [0, 0.1) is 5.92 Å². The number of aliphatic imine (C=N–C) groups is 1. The van der Waals surface area contributed by atoms with Crippen LogP contribution in [0.1, 0.15) is 43.5 Å². The maximum Gasteiger partial charge on any atom is 0.308 e. The van der Waals surface area contributed by atoms with Gasteiger partial charge in [-0.2, -0.15) is 0 Å². The number of thiophene rings is 1. The van der Waals surface area contributed by atoms with E-state index in [4.69, 9.17) is 9.73 Å². The van der Waals surface area contributed by atoms with Gasteiger partial charge in [-0.25, -0.2) is 0 Å². The number of carbonyl (C=O) groups excluding carboxylic acids is 1. The summed E-state index contributed by atoms with van der Waals surface area (Å²) in [5.74, 6) is 0.919. The molecule has 1 aromatic heterocycles. The predicted octanol–water partition coefficient (Wildman–Crippen LogP) is 3.35. The molecule has 2 aliphatic heterocycles. The van der Waals surface area contributed by atoms with Gasteiger partial charge in [0.15, 0.2) is 5.96 Å². The van der Waals surface area contributed by atoms with Crippen LogP contribution in [0.25, 0.3) is 0 Å². The second-order valence-electron chi connectivity index (χ2n) is 7.25. The van der Waals surface area contributed by atoms with Crippen molar-refractivity contribution in [1.29, 1.82) is 0 Å². The zero-order valence-electron chi connectivity index (χ0n) is 16.9. The molecule has 8 heteroatoms. The summed E-state index contributed by atoms with van der Waals surface area (Å²) in [4.78, 5) is 23.0.